The lowest BCUT2D eigenvalue weighted by molar-refractivity contribution is -0.132. The van der Waals surface area contributed by atoms with Crippen molar-refractivity contribution in [3.63, 3.8) is 0 Å². The molecule has 0 unspecified atom stereocenters. The van der Waals surface area contributed by atoms with Gasteiger partial charge < -0.3 is 10.4 Å². The van der Waals surface area contributed by atoms with Gasteiger partial charge in [0.05, 0.1) is 11.6 Å². The molecule has 1 aliphatic rings. The summed E-state index contributed by atoms with van der Waals surface area (Å²) in [5.74, 6) is -1.89. The van der Waals surface area contributed by atoms with Crippen LogP contribution in [0.15, 0.2) is 84.4 Å². The minimum Gasteiger partial charge on any atom is -0.507 e. The molecule has 6 heteroatoms. The molecule has 0 bridgehead atoms. The third-order valence-electron chi connectivity index (χ3n) is 5.35. The van der Waals surface area contributed by atoms with Crippen LogP contribution >= 0.6 is 0 Å². The van der Waals surface area contributed by atoms with Crippen LogP contribution in [-0.4, -0.2) is 22.7 Å². The summed E-state index contributed by atoms with van der Waals surface area (Å²) in [4.78, 5) is 38.9. The topological polar surface area (TPSA) is 86.7 Å². The van der Waals surface area contributed by atoms with Gasteiger partial charge in [-0.05, 0) is 36.8 Å². The van der Waals surface area contributed by atoms with E-state index in [9.17, 15) is 19.5 Å². The number of aliphatic hydroxyl groups is 1. The standard InChI is InChI=1S/C26H22N2O4/c1-16-8-10-19(11-9-16)24(30)22-23(18-6-4-3-5-7-18)28(26(32)25(22)31)21-14-12-20(13-15-21)27-17(2)29/h3-15,23,30H,1-2H3,(H,27,29)/t23-/m0/s1. The van der Waals surface area contributed by atoms with Crippen molar-refractivity contribution in [2.24, 2.45) is 0 Å². The number of nitrogens with zero attached hydrogens (tertiary/aromatic N) is 1. The van der Waals surface area contributed by atoms with E-state index in [2.05, 4.69) is 5.32 Å². The summed E-state index contributed by atoms with van der Waals surface area (Å²) in [6.07, 6.45) is 0. The van der Waals surface area contributed by atoms with Gasteiger partial charge in [0.15, 0.2) is 0 Å². The molecule has 1 fully saturated rings. The van der Waals surface area contributed by atoms with Gasteiger partial charge in [-0.15, -0.1) is 0 Å². The number of carbonyl (C=O) groups excluding carboxylic acids is 3. The zero-order chi connectivity index (χ0) is 22.8. The number of aliphatic hydroxyl groups excluding tert-OH is 1. The number of Topliss-reactive ketones (excluding diaryl/α,β-unsaturated/α-hetero) is 1. The monoisotopic (exact) mass is 426 g/mol. The van der Waals surface area contributed by atoms with E-state index in [4.69, 9.17) is 0 Å². The zero-order valence-electron chi connectivity index (χ0n) is 17.7. The highest BCUT2D eigenvalue weighted by Gasteiger charge is 2.46. The largest absolute Gasteiger partial charge is 0.507 e. The first kappa shape index (κ1) is 21.1. The third kappa shape index (κ3) is 3.90. The van der Waals surface area contributed by atoms with Crippen LogP contribution in [0.1, 0.15) is 29.7 Å². The highest BCUT2D eigenvalue weighted by molar-refractivity contribution is 6.51. The Morgan fingerprint density at radius 2 is 1.53 bits per heavy atom. The van der Waals surface area contributed by atoms with Crippen molar-refractivity contribution >= 4 is 34.7 Å². The predicted octanol–water partition coefficient (Wildman–Crippen LogP) is 4.58. The Kier molecular flexibility index (Phi) is 5.60. The molecule has 0 spiro atoms. The number of anilines is 2. The molecule has 160 valence electrons. The average Bonchev–Trinajstić information content (AvgIpc) is 3.05. The minimum atomic E-state index is -0.788. The molecule has 1 aliphatic heterocycles. The van der Waals surface area contributed by atoms with Crippen molar-refractivity contribution in [2.45, 2.75) is 19.9 Å². The van der Waals surface area contributed by atoms with Gasteiger partial charge in [-0.25, -0.2) is 0 Å². The van der Waals surface area contributed by atoms with Crippen molar-refractivity contribution in [2.75, 3.05) is 10.2 Å². The predicted molar refractivity (Wildman–Crippen MR) is 123 cm³/mol. The Balaban J connectivity index is 1.85. The molecule has 0 saturated carbocycles. The molecule has 0 aliphatic carbocycles. The maximum atomic E-state index is 13.1. The fourth-order valence-electron chi connectivity index (χ4n) is 3.83. The normalized spacial score (nSPS) is 17.4. The molecule has 6 nitrogen and oxygen atoms in total. The van der Waals surface area contributed by atoms with Crippen LogP contribution in [0.3, 0.4) is 0 Å². The fourth-order valence-corrected chi connectivity index (χ4v) is 3.83. The number of ketones is 1. The molecule has 1 heterocycles. The maximum absolute atomic E-state index is 13.1. The summed E-state index contributed by atoms with van der Waals surface area (Å²) in [7, 11) is 0. The van der Waals surface area contributed by atoms with E-state index >= 15 is 0 Å². The number of aryl methyl sites for hydroxylation is 1. The van der Waals surface area contributed by atoms with Gasteiger partial charge in [-0.2, -0.15) is 0 Å². The van der Waals surface area contributed by atoms with Crippen LogP contribution in [0.5, 0.6) is 0 Å². The molecule has 0 radical (unpaired) electrons. The van der Waals surface area contributed by atoms with E-state index in [-0.39, 0.29) is 17.2 Å². The second-order valence-corrected chi connectivity index (χ2v) is 7.67. The summed E-state index contributed by atoms with van der Waals surface area (Å²) in [6.45, 7) is 3.34. The Hall–Kier alpha value is -4.19. The molecule has 3 aromatic rings. The van der Waals surface area contributed by atoms with E-state index in [0.717, 1.165) is 5.56 Å². The van der Waals surface area contributed by atoms with Gasteiger partial charge in [-0.1, -0.05) is 60.2 Å². The summed E-state index contributed by atoms with van der Waals surface area (Å²) in [5, 5.41) is 13.8. The smallest absolute Gasteiger partial charge is 0.300 e. The molecule has 3 aromatic carbocycles. The molecule has 2 amide bonds. The average molecular weight is 426 g/mol. The molecule has 1 saturated heterocycles. The third-order valence-corrected chi connectivity index (χ3v) is 5.35. The lowest BCUT2D eigenvalue weighted by Crippen LogP contribution is -2.29. The lowest BCUT2D eigenvalue weighted by Gasteiger charge is -2.25. The summed E-state index contributed by atoms with van der Waals surface area (Å²) in [5.41, 5.74) is 3.28. The van der Waals surface area contributed by atoms with Gasteiger partial charge in [0.25, 0.3) is 11.7 Å². The highest BCUT2D eigenvalue weighted by atomic mass is 16.3. The molecule has 32 heavy (non-hydrogen) atoms. The number of amides is 2. The first-order valence-electron chi connectivity index (χ1n) is 10.2. The molecule has 4 rings (SSSR count). The Morgan fingerprint density at radius 3 is 2.12 bits per heavy atom. The molecule has 2 N–H and O–H groups in total. The molecule has 1 atom stereocenters. The quantitative estimate of drug-likeness (QED) is 0.363. The van der Waals surface area contributed by atoms with Gasteiger partial charge in [0.1, 0.15) is 5.76 Å². The van der Waals surface area contributed by atoms with Crippen LogP contribution < -0.4 is 10.2 Å². The first-order valence-corrected chi connectivity index (χ1v) is 10.2. The van der Waals surface area contributed by atoms with Crippen LogP contribution in [0.4, 0.5) is 11.4 Å². The summed E-state index contributed by atoms with van der Waals surface area (Å²) < 4.78 is 0. The number of hydrogen-bond donors (Lipinski definition) is 2. The molecule has 0 aromatic heterocycles. The zero-order valence-corrected chi connectivity index (χ0v) is 17.7. The maximum Gasteiger partial charge on any atom is 0.300 e. The highest BCUT2D eigenvalue weighted by Crippen LogP contribution is 2.42. The van der Waals surface area contributed by atoms with Crippen molar-refractivity contribution in [1.29, 1.82) is 0 Å². The second kappa shape index (κ2) is 8.51. The van der Waals surface area contributed by atoms with Crippen LogP contribution in [0.2, 0.25) is 0 Å². The Morgan fingerprint density at radius 1 is 0.906 bits per heavy atom. The van der Waals surface area contributed by atoms with E-state index in [1.807, 2.05) is 49.4 Å². The van der Waals surface area contributed by atoms with E-state index < -0.39 is 17.7 Å². The van der Waals surface area contributed by atoms with Crippen LogP contribution in [-0.2, 0) is 14.4 Å². The number of benzene rings is 3. The van der Waals surface area contributed by atoms with Gasteiger partial charge >= 0.3 is 0 Å². The SMILES string of the molecule is CC(=O)Nc1ccc(N2C(=O)C(=O)C(=C(O)c3ccc(C)cc3)[C@@H]2c2ccccc2)cc1. The van der Waals surface area contributed by atoms with Crippen molar-refractivity contribution in [3.05, 3.63) is 101 Å². The molecular formula is C26H22N2O4. The summed E-state index contributed by atoms with van der Waals surface area (Å²) in [6, 6.07) is 22.1. The number of nitrogens with one attached hydrogen (secondary N) is 1. The van der Waals surface area contributed by atoms with E-state index in [0.29, 0.717) is 22.5 Å². The van der Waals surface area contributed by atoms with Crippen LogP contribution in [0.25, 0.3) is 5.76 Å². The number of rotatable bonds is 4. The minimum absolute atomic E-state index is 0.0380. The Bertz CT molecular complexity index is 1210. The van der Waals surface area contributed by atoms with E-state index in [1.54, 1.807) is 36.4 Å². The van der Waals surface area contributed by atoms with Gasteiger partial charge in [-0.3, -0.25) is 19.3 Å². The number of hydrogen-bond acceptors (Lipinski definition) is 4. The fraction of sp³-hybridized carbons (Fsp3) is 0.115. The van der Waals surface area contributed by atoms with Crippen molar-refractivity contribution < 1.29 is 19.5 Å². The Labute approximate surface area is 185 Å². The van der Waals surface area contributed by atoms with Crippen molar-refractivity contribution in [1.82, 2.24) is 0 Å². The van der Waals surface area contributed by atoms with E-state index in [1.165, 1.54) is 11.8 Å². The number of carbonyl (C=O) groups is 3. The summed E-state index contributed by atoms with van der Waals surface area (Å²) >= 11 is 0. The van der Waals surface area contributed by atoms with Gasteiger partial charge in [0.2, 0.25) is 5.91 Å². The second-order valence-electron chi connectivity index (χ2n) is 7.67. The van der Waals surface area contributed by atoms with Crippen LogP contribution in [0, 0.1) is 6.92 Å². The van der Waals surface area contributed by atoms with Crippen molar-refractivity contribution in [3.8, 4) is 0 Å². The first-order chi connectivity index (χ1) is 15.4. The molecular weight excluding hydrogens is 404 g/mol. The van der Waals surface area contributed by atoms with Gasteiger partial charge in [0, 0.05) is 23.9 Å². The lowest BCUT2D eigenvalue weighted by atomic mass is 9.95.